The lowest BCUT2D eigenvalue weighted by Gasteiger charge is -2.19. The van der Waals surface area contributed by atoms with Crippen LogP contribution in [0.1, 0.15) is 24.2 Å². The highest BCUT2D eigenvalue weighted by Gasteiger charge is 2.12. The van der Waals surface area contributed by atoms with E-state index in [1.807, 2.05) is 31.2 Å². The number of rotatable bonds is 5. The average Bonchev–Trinajstić information content (AvgIpc) is 2.58. The van der Waals surface area contributed by atoms with Crippen LogP contribution in [0.2, 0.25) is 10.0 Å². The fraction of sp³-hybridized carbons (Fsp3) is 0.294. The Morgan fingerprint density at radius 3 is 2.75 bits per heavy atom. The number of methoxy groups -OCH3 is 1. The summed E-state index contributed by atoms with van der Waals surface area (Å²) in [7, 11) is 3.31. The van der Waals surface area contributed by atoms with Crippen molar-refractivity contribution >= 4 is 29.2 Å². The minimum absolute atomic E-state index is 0.0285. The van der Waals surface area contributed by atoms with Crippen molar-refractivity contribution in [2.45, 2.75) is 19.5 Å². The predicted molar refractivity (Wildman–Crippen MR) is 99.0 cm³/mol. The molecular formula is C17H20Cl2N4O. The molecule has 0 fully saturated rings. The maximum Gasteiger partial charge on any atom is 0.213 e. The summed E-state index contributed by atoms with van der Waals surface area (Å²) in [6.07, 6.45) is 0. The van der Waals surface area contributed by atoms with Gasteiger partial charge in [-0.3, -0.25) is 4.99 Å². The molecule has 1 unspecified atom stereocenters. The van der Waals surface area contributed by atoms with E-state index in [4.69, 9.17) is 27.9 Å². The van der Waals surface area contributed by atoms with Gasteiger partial charge in [0.2, 0.25) is 5.88 Å². The number of nitrogens with zero attached hydrogens (tertiary/aromatic N) is 2. The van der Waals surface area contributed by atoms with Crippen LogP contribution in [0.5, 0.6) is 5.88 Å². The number of ether oxygens (including phenoxy) is 1. The van der Waals surface area contributed by atoms with Crippen molar-refractivity contribution < 1.29 is 4.74 Å². The van der Waals surface area contributed by atoms with E-state index in [0.29, 0.717) is 28.4 Å². The summed E-state index contributed by atoms with van der Waals surface area (Å²) >= 11 is 12.2. The fourth-order valence-corrected chi connectivity index (χ4v) is 2.75. The molecule has 0 aliphatic rings. The zero-order chi connectivity index (χ0) is 17.5. The number of halogens is 2. The number of pyridine rings is 1. The highest BCUT2D eigenvalue weighted by molar-refractivity contribution is 6.35. The van der Waals surface area contributed by atoms with Crippen molar-refractivity contribution in [2.24, 2.45) is 4.99 Å². The van der Waals surface area contributed by atoms with E-state index in [-0.39, 0.29) is 6.04 Å². The van der Waals surface area contributed by atoms with E-state index >= 15 is 0 Å². The third-order valence-corrected chi connectivity index (χ3v) is 4.00. The van der Waals surface area contributed by atoms with Crippen molar-refractivity contribution in [2.75, 3.05) is 14.2 Å². The molecule has 1 aromatic heterocycles. The molecule has 0 saturated heterocycles. The first-order valence-corrected chi connectivity index (χ1v) is 8.21. The Balaban J connectivity index is 1.98. The highest BCUT2D eigenvalue weighted by Crippen LogP contribution is 2.25. The average molecular weight is 367 g/mol. The van der Waals surface area contributed by atoms with Crippen molar-refractivity contribution in [3.63, 3.8) is 0 Å². The molecule has 0 amide bonds. The molecule has 128 valence electrons. The van der Waals surface area contributed by atoms with Crippen molar-refractivity contribution in [3.8, 4) is 5.88 Å². The van der Waals surface area contributed by atoms with Gasteiger partial charge in [0.05, 0.1) is 25.4 Å². The van der Waals surface area contributed by atoms with Gasteiger partial charge < -0.3 is 15.4 Å². The largest absolute Gasteiger partial charge is 0.481 e. The minimum atomic E-state index is -0.0285. The van der Waals surface area contributed by atoms with Crippen LogP contribution in [0, 0.1) is 0 Å². The predicted octanol–water partition coefficient (Wildman–Crippen LogP) is 3.82. The quantitative estimate of drug-likeness (QED) is 0.623. The molecule has 2 aromatic rings. The van der Waals surface area contributed by atoms with Gasteiger partial charge in [-0.05, 0) is 30.7 Å². The third-order valence-electron chi connectivity index (χ3n) is 3.43. The van der Waals surface area contributed by atoms with E-state index in [1.165, 1.54) is 0 Å². The van der Waals surface area contributed by atoms with Crippen LogP contribution >= 0.6 is 23.2 Å². The summed E-state index contributed by atoms with van der Waals surface area (Å²) in [5, 5.41) is 7.75. The van der Waals surface area contributed by atoms with Crippen molar-refractivity contribution in [1.29, 1.82) is 0 Å². The number of hydrogen-bond acceptors (Lipinski definition) is 3. The lowest BCUT2D eigenvalue weighted by molar-refractivity contribution is 0.396. The van der Waals surface area contributed by atoms with Gasteiger partial charge in [0, 0.05) is 23.2 Å². The molecule has 1 aromatic carbocycles. The van der Waals surface area contributed by atoms with Gasteiger partial charge >= 0.3 is 0 Å². The maximum atomic E-state index is 6.25. The number of aliphatic imine (C=N–C) groups is 1. The van der Waals surface area contributed by atoms with Gasteiger partial charge in [0.15, 0.2) is 5.96 Å². The number of aromatic nitrogens is 1. The normalized spacial score (nSPS) is 12.6. The van der Waals surface area contributed by atoms with Gasteiger partial charge in [-0.1, -0.05) is 35.3 Å². The van der Waals surface area contributed by atoms with Gasteiger partial charge in [-0.25, -0.2) is 4.98 Å². The Morgan fingerprint density at radius 2 is 2.08 bits per heavy atom. The first-order valence-electron chi connectivity index (χ1n) is 7.45. The Hall–Kier alpha value is -1.98. The van der Waals surface area contributed by atoms with E-state index in [9.17, 15) is 0 Å². The second-order valence-electron chi connectivity index (χ2n) is 5.13. The van der Waals surface area contributed by atoms with Crippen molar-refractivity contribution in [1.82, 2.24) is 15.6 Å². The zero-order valence-electron chi connectivity index (χ0n) is 13.8. The van der Waals surface area contributed by atoms with Crippen LogP contribution in [0.4, 0.5) is 0 Å². The molecule has 0 bridgehead atoms. The summed E-state index contributed by atoms with van der Waals surface area (Å²) in [6.45, 7) is 2.53. The molecule has 0 saturated carbocycles. The van der Waals surface area contributed by atoms with Crippen LogP contribution in [0.25, 0.3) is 0 Å². The Labute approximate surface area is 152 Å². The first kappa shape index (κ1) is 18.4. The van der Waals surface area contributed by atoms with Crippen LogP contribution in [-0.2, 0) is 6.54 Å². The number of guanidine groups is 1. The van der Waals surface area contributed by atoms with E-state index in [0.717, 1.165) is 11.3 Å². The molecule has 0 radical (unpaired) electrons. The SMILES string of the molecule is CN=C(NCc1cccc(OC)n1)NC(C)c1ccc(Cl)cc1Cl. The first-order chi connectivity index (χ1) is 11.5. The second-order valence-corrected chi connectivity index (χ2v) is 5.97. The number of benzene rings is 1. The molecule has 0 aliphatic heterocycles. The van der Waals surface area contributed by atoms with Crippen LogP contribution in [0.15, 0.2) is 41.4 Å². The molecule has 24 heavy (non-hydrogen) atoms. The topological polar surface area (TPSA) is 58.5 Å². The monoisotopic (exact) mass is 366 g/mol. The van der Waals surface area contributed by atoms with Gasteiger partial charge in [0.1, 0.15) is 0 Å². The van der Waals surface area contributed by atoms with Crippen LogP contribution in [-0.4, -0.2) is 25.1 Å². The maximum absolute atomic E-state index is 6.25. The lowest BCUT2D eigenvalue weighted by Crippen LogP contribution is -2.38. The molecule has 5 nitrogen and oxygen atoms in total. The van der Waals surface area contributed by atoms with E-state index < -0.39 is 0 Å². The van der Waals surface area contributed by atoms with Crippen molar-refractivity contribution in [3.05, 3.63) is 57.7 Å². The lowest BCUT2D eigenvalue weighted by atomic mass is 10.1. The highest BCUT2D eigenvalue weighted by atomic mass is 35.5. The summed E-state index contributed by atoms with van der Waals surface area (Å²) in [5.41, 5.74) is 1.80. The Bertz CT molecular complexity index is 721. The van der Waals surface area contributed by atoms with E-state index in [2.05, 4.69) is 20.6 Å². The van der Waals surface area contributed by atoms with Gasteiger partial charge in [-0.15, -0.1) is 0 Å². The van der Waals surface area contributed by atoms with Gasteiger partial charge in [0.25, 0.3) is 0 Å². The molecule has 0 spiro atoms. The minimum Gasteiger partial charge on any atom is -0.481 e. The number of nitrogens with one attached hydrogen (secondary N) is 2. The summed E-state index contributed by atoms with van der Waals surface area (Å²) < 4.78 is 5.12. The molecule has 7 heteroatoms. The standard InChI is InChI=1S/C17H20Cl2N4O/c1-11(14-8-7-12(18)9-15(14)19)22-17(20-2)21-10-13-5-4-6-16(23-13)24-3/h4-9,11H,10H2,1-3H3,(H2,20,21,22). The summed E-state index contributed by atoms with van der Waals surface area (Å²) in [6, 6.07) is 11.0. The summed E-state index contributed by atoms with van der Waals surface area (Å²) in [4.78, 5) is 8.58. The molecule has 1 heterocycles. The van der Waals surface area contributed by atoms with Gasteiger partial charge in [-0.2, -0.15) is 0 Å². The van der Waals surface area contributed by atoms with Crippen LogP contribution < -0.4 is 15.4 Å². The third kappa shape index (κ3) is 5.01. The smallest absolute Gasteiger partial charge is 0.213 e. The molecule has 1 atom stereocenters. The Morgan fingerprint density at radius 1 is 1.29 bits per heavy atom. The molecular weight excluding hydrogens is 347 g/mol. The second kappa shape index (κ2) is 8.76. The Kier molecular flexibility index (Phi) is 6.70. The summed E-state index contributed by atoms with van der Waals surface area (Å²) in [5.74, 6) is 1.23. The molecule has 0 aliphatic carbocycles. The zero-order valence-corrected chi connectivity index (χ0v) is 15.3. The molecule has 2 rings (SSSR count). The van der Waals surface area contributed by atoms with E-state index in [1.54, 1.807) is 26.3 Å². The van der Waals surface area contributed by atoms with Crippen LogP contribution in [0.3, 0.4) is 0 Å². The molecule has 2 N–H and O–H groups in total. The number of hydrogen-bond donors (Lipinski definition) is 2. The fourth-order valence-electron chi connectivity index (χ4n) is 2.17.